The number of nitrogens with two attached hydrogens (primary N) is 1. The predicted molar refractivity (Wildman–Crippen MR) is 140 cm³/mol. The molecule has 1 atom stereocenters. The number of nitrogens with one attached hydrogen (secondary N) is 2. The Morgan fingerprint density at radius 3 is 2.39 bits per heavy atom. The number of ketones is 1. The molecule has 0 amide bonds. The van der Waals surface area contributed by atoms with Gasteiger partial charge in [-0.2, -0.15) is 0 Å². The van der Waals surface area contributed by atoms with E-state index in [2.05, 4.69) is 20.0 Å². The largest absolute Gasteiger partial charge is 0.497 e. The smallest absolute Gasteiger partial charge is 0.263 e. The summed E-state index contributed by atoms with van der Waals surface area (Å²) in [5, 5.41) is 3.44. The van der Waals surface area contributed by atoms with Gasteiger partial charge in [-0.1, -0.05) is 35.9 Å². The summed E-state index contributed by atoms with van der Waals surface area (Å²) in [5.74, 6) is 0.482. The van der Waals surface area contributed by atoms with E-state index in [-0.39, 0.29) is 28.7 Å². The van der Waals surface area contributed by atoms with Gasteiger partial charge in [-0.15, -0.1) is 0 Å². The van der Waals surface area contributed by atoms with Crippen LogP contribution in [-0.4, -0.2) is 37.3 Å². The number of halogens is 1. The van der Waals surface area contributed by atoms with Crippen LogP contribution in [0.4, 0.5) is 17.3 Å². The maximum atomic E-state index is 13.3. The first-order valence-corrected chi connectivity index (χ1v) is 12.8. The first-order valence-electron chi connectivity index (χ1n) is 10.9. The molecule has 3 aromatic carbocycles. The van der Waals surface area contributed by atoms with Gasteiger partial charge in [-0.25, -0.2) is 18.4 Å². The molecule has 0 aliphatic rings. The molecule has 0 bridgehead atoms. The number of fused-ring (bicyclic) bond motifs is 1. The molecule has 9 nitrogen and oxygen atoms in total. The maximum absolute atomic E-state index is 13.3. The first kappa shape index (κ1) is 25.4. The number of benzene rings is 3. The minimum Gasteiger partial charge on any atom is -0.497 e. The van der Waals surface area contributed by atoms with Gasteiger partial charge in [0.2, 0.25) is 0 Å². The Bertz CT molecular complexity index is 1540. The summed E-state index contributed by atoms with van der Waals surface area (Å²) >= 11 is 6.34. The highest BCUT2D eigenvalue weighted by molar-refractivity contribution is 7.92. The molecule has 0 radical (unpaired) electrons. The second kappa shape index (κ2) is 10.5. The van der Waals surface area contributed by atoms with Crippen molar-refractivity contribution in [1.29, 1.82) is 0 Å². The number of ether oxygens (including phenoxy) is 1. The lowest BCUT2D eigenvalue weighted by Gasteiger charge is -2.15. The topological polar surface area (TPSA) is 136 Å². The summed E-state index contributed by atoms with van der Waals surface area (Å²) in [4.78, 5) is 21.1. The Morgan fingerprint density at radius 2 is 1.72 bits per heavy atom. The molecular formula is C25H24ClN5O4S. The number of hydrogen-bond acceptors (Lipinski definition) is 8. The Morgan fingerprint density at radius 1 is 1.03 bits per heavy atom. The summed E-state index contributed by atoms with van der Waals surface area (Å²) in [6.45, 7) is 1.59. The van der Waals surface area contributed by atoms with E-state index < -0.39 is 16.1 Å². The fraction of sp³-hybridized carbons (Fsp3) is 0.160. The van der Waals surface area contributed by atoms with Crippen LogP contribution in [0.3, 0.4) is 0 Å². The second-order valence-corrected chi connectivity index (χ2v) is 10.2. The number of nitrogens with zero attached hydrogens (tertiary/aromatic N) is 2. The average Bonchev–Trinajstić information content (AvgIpc) is 2.85. The number of hydrogen-bond donors (Lipinski definition) is 3. The Hall–Kier alpha value is -3.73. The highest BCUT2D eigenvalue weighted by Gasteiger charge is 2.21. The number of rotatable bonds is 9. The molecule has 0 saturated heterocycles. The highest BCUT2D eigenvalue weighted by Crippen LogP contribution is 2.32. The number of sulfonamides is 1. The number of para-hydroxylation sites is 2. The summed E-state index contributed by atoms with van der Waals surface area (Å²) in [5.41, 5.74) is 7.68. The predicted octanol–water partition coefficient (Wildman–Crippen LogP) is 4.30. The Labute approximate surface area is 213 Å². The van der Waals surface area contributed by atoms with E-state index in [1.807, 2.05) is 0 Å². The third kappa shape index (κ3) is 5.73. The van der Waals surface area contributed by atoms with Gasteiger partial charge in [0.15, 0.2) is 17.4 Å². The van der Waals surface area contributed by atoms with Crippen LogP contribution in [0, 0.1) is 0 Å². The van der Waals surface area contributed by atoms with Crippen molar-refractivity contribution >= 4 is 55.8 Å². The van der Waals surface area contributed by atoms with E-state index in [4.69, 9.17) is 22.1 Å². The van der Waals surface area contributed by atoms with Crippen molar-refractivity contribution < 1.29 is 17.9 Å². The molecule has 11 heteroatoms. The third-order valence-electron chi connectivity index (χ3n) is 5.32. The van der Waals surface area contributed by atoms with Crippen LogP contribution in [0.2, 0.25) is 5.02 Å². The van der Waals surface area contributed by atoms with Gasteiger partial charge < -0.3 is 15.8 Å². The van der Waals surface area contributed by atoms with Gasteiger partial charge in [0.25, 0.3) is 10.0 Å². The minimum atomic E-state index is -4.09. The van der Waals surface area contributed by atoms with Crippen molar-refractivity contribution in [3.63, 3.8) is 0 Å². The number of Topliss-reactive ketones (excluding diaryl/α,β-unsaturated/α-hetero) is 1. The van der Waals surface area contributed by atoms with E-state index in [0.29, 0.717) is 33.1 Å². The summed E-state index contributed by atoms with van der Waals surface area (Å²) in [6.07, 6.45) is 0.0257. The highest BCUT2D eigenvalue weighted by atomic mass is 35.5. The molecule has 4 rings (SSSR count). The summed E-state index contributed by atoms with van der Waals surface area (Å²) in [6, 6.07) is 17.5. The van der Waals surface area contributed by atoms with Crippen LogP contribution in [-0.2, 0) is 21.2 Å². The van der Waals surface area contributed by atoms with Crippen LogP contribution in [0.25, 0.3) is 11.0 Å². The molecule has 4 N–H and O–H groups in total. The van der Waals surface area contributed by atoms with Gasteiger partial charge in [-0.05, 0) is 48.9 Å². The van der Waals surface area contributed by atoms with Crippen molar-refractivity contribution in [2.75, 3.05) is 17.1 Å². The van der Waals surface area contributed by atoms with Crippen molar-refractivity contribution in [2.24, 2.45) is 5.73 Å². The molecule has 0 saturated carbocycles. The number of carbonyl (C=O) groups is 1. The summed E-state index contributed by atoms with van der Waals surface area (Å²) < 4.78 is 34.4. The van der Waals surface area contributed by atoms with Gasteiger partial charge in [-0.3, -0.25) is 9.52 Å². The molecular weight excluding hydrogens is 502 g/mol. The Balaban J connectivity index is 1.73. The quantitative estimate of drug-likeness (QED) is 0.294. The standard InChI is InChI=1S/C25H24ClN5O4S/c1-15(27)23(32)13-16-6-5-7-18(12-16)36(33,34)31-25-24(28-20-8-3-4-9-21(20)29-25)30-22-14-17(35-2)10-11-19(22)26/h3-12,14-15H,13,27H2,1-2H3,(H,28,30)(H,29,31)/t15-/m1/s1. The van der Waals surface area contributed by atoms with Gasteiger partial charge >= 0.3 is 0 Å². The molecule has 1 heterocycles. The lowest BCUT2D eigenvalue weighted by molar-refractivity contribution is -0.119. The molecule has 0 unspecified atom stereocenters. The zero-order valence-corrected chi connectivity index (χ0v) is 21.1. The van der Waals surface area contributed by atoms with E-state index in [0.717, 1.165) is 0 Å². The number of methoxy groups -OCH3 is 1. The molecule has 0 aliphatic carbocycles. The number of carbonyl (C=O) groups excluding carboxylic acids is 1. The summed E-state index contributed by atoms with van der Waals surface area (Å²) in [7, 11) is -2.56. The SMILES string of the molecule is COc1ccc(Cl)c(Nc2nc3ccccc3nc2NS(=O)(=O)c2cccc(CC(=O)[C@@H](C)N)c2)c1. The van der Waals surface area contributed by atoms with E-state index in [1.54, 1.807) is 61.5 Å². The first-order chi connectivity index (χ1) is 17.2. The molecule has 186 valence electrons. The third-order valence-corrected chi connectivity index (χ3v) is 6.99. The normalized spacial score (nSPS) is 12.2. The van der Waals surface area contributed by atoms with Gasteiger partial charge in [0, 0.05) is 12.5 Å². The van der Waals surface area contributed by atoms with Crippen LogP contribution in [0.1, 0.15) is 12.5 Å². The molecule has 0 aliphatic heterocycles. The molecule has 36 heavy (non-hydrogen) atoms. The van der Waals surface area contributed by atoms with Crippen LogP contribution < -0.4 is 20.5 Å². The molecule has 0 fully saturated rings. The van der Waals surface area contributed by atoms with Crippen molar-refractivity contribution in [1.82, 2.24) is 9.97 Å². The fourth-order valence-electron chi connectivity index (χ4n) is 3.38. The van der Waals surface area contributed by atoms with Crippen molar-refractivity contribution in [3.8, 4) is 5.75 Å². The van der Waals surface area contributed by atoms with Crippen molar-refractivity contribution in [3.05, 3.63) is 77.3 Å². The molecule has 0 spiro atoms. The number of aromatic nitrogens is 2. The zero-order valence-electron chi connectivity index (χ0n) is 19.5. The molecule has 4 aromatic rings. The maximum Gasteiger partial charge on any atom is 0.263 e. The van der Waals surface area contributed by atoms with E-state index >= 15 is 0 Å². The average molecular weight is 526 g/mol. The van der Waals surface area contributed by atoms with Crippen LogP contribution >= 0.6 is 11.6 Å². The zero-order chi connectivity index (χ0) is 25.9. The van der Waals surface area contributed by atoms with Gasteiger partial charge in [0.1, 0.15) is 5.75 Å². The van der Waals surface area contributed by atoms with Crippen LogP contribution in [0.5, 0.6) is 5.75 Å². The lowest BCUT2D eigenvalue weighted by atomic mass is 10.1. The fourth-order valence-corrected chi connectivity index (χ4v) is 4.63. The van der Waals surface area contributed by atoms with Crippen LogP contribution in [0.15, 0.2) is 71.6 Å². The second-order valence-electron chi connectivity index (χ2n) is 8.06. The van der Waals surface area contributed by atoms with E-state index in [1.165, 1.54) is 19.2 Å². The Kier molecular flexibility index (Phi) is 7.39. The van der Waals surface area contributed by atoms with Gasteiger partial charge in [0.05, 0.1) is 39.8 Å². The minimum absolute atomic E-state index is 0.0235. The molecule has 1 aromatic heterocycles. The van der Waals surface area contributed by atoms with E-state index in [9.17, 15) is 13.2 Å². The lowest BCUT2D eigenvalue weighted by Crippen LogP contribution is -2.28. The van der Waals surface area contributed by atoms with Crippen molar-refractivity contribution in [2.45, 2.75) is 24.3 Å². The number of anilines is 3. The monoisotopic (exact) mass is 525 g/mol.